The van der Waals surface area contributed by atoms with Crippen LogP contribution in [0.3, 0.4) is 0 Å². The van der Waals surface area contributed by atoms with Crippen LogP contribution in [0, 0.1) is 0 Å². The summed E-state index contributed by atoms with van der Waals surface area (Å²) < 4.78 is 12.3. The van der Waals surface area contributed by atoms with E-state index >= 15 is 0 Å². The highest BCUT2D eigenvalue weighted by atomic mass is 32.1. The van der Waals surface area contributed by atoms with E-state index in [0.717, 1.165) is 39.3 Å². The number of hydrogen-bond donors (Lipinski definition) is 1. The van der Waals surface area contributed by atoms with E-state index in [-0.39, 0.29) is 17.3 Å². The number of hydrogen-bond acceptors (Lipinski definition) is 7. The molecular weight excluding hydrogens is 488 g/mol. The van der Waals surface area contributed by atoms with E-state index in [9.17, 15) is 14.7 Å². The van der Waals surface area contributed by atoms with Gasteiger partial charge in [0.25, 0.3) is 0 Å². The fourth-order valence-corrected chi connectivity index (χ4v) is 4.78. The quantitative estimate of drug-likeness (QED) is 0.307. The van der Waals surface area contributed by atoms with Gasteiger partial charge < -0.3 is 14.6 Å². The first-order valence-corrected chi connectivity index (χ1v) is 12.6. The summed E-state index contributed by atoms with van der Waals surface area (Å²) in [6.07, 6.45) is 3.48. The van der Waals surface area contributed by atoms with Crippen molar-refractivity contribution in [2.24, 2.45) is 4.99 Å². The lowest BCUT2D eigenvalue weighted by atomic mass is 10.1. The monoisotopic (exact) mass is 512 g/mol. The molecule has 0 saturated heterocycles. The third kappa shape index (κ3) is 5.39. The van der Waals surface area contributed by atoms with Crippen LogP contribution in [0.5, 0.6) is 11.6 Å². The van der Waals surface area contributed by atoms with Crippen LogP contribution in [0.15, 0.2) is 82.6 Å². The smallest absolute Gasteiger partial charge is 0.338 e. The largest absolute Gasteiger partial charge is 0.493 e. The standard InChI is InChI=1S/C29H24N2O5S/c1-2-35-28(33)21-10-8-19(9-11-21)17-31-27(32)26(37-29(31)34)14-22-16-30-25-13-12-23(15-24(22)25)36-18-20-6-4-3-5-7-20/h3-16,32H,2,17-18H2,1H3. The fourth-order valence-electron chi connectivity index (χ4n) is 3.95. The highest BCUT2D eigenvalue weighted by Crippen LogP contribution is 2.37. The fraction of sp³-hybridized carbons (Fsp3) is 0.138. The van der Waals surface area contributed by atoms with Gasteiger partial charge in [-0.25, -0.2) is 4.79 Å². The molecule has 2 heterocycles. The molecular formula is C29H24N2O5S. The Morgan fingerprint density at radius 1 is 1.05 bits per heavy atom. The molecule has 0 saturated carbocycles. The minimum atomic E-state index is -0.398. The molecule has 5 rings (SSSR count). The molecule has 0 radical (unpaired) electrons. The number of allylic oxidation sites excluding steroid dienone is 1. The second-order valence-corrected chi connectivity index (χ2v) is 9.36. The van der Waals surface area contributed by atoms with Crippen LogP contribution >= 0.6 is 11.3 Å². The Labute approximate surface area is 217 Å². The summed E-state index contributed by atoms with van der Waals surface area (Å²) in [5.74, 6) is 0.196. The maximum absolute atomic E-state index is 12.7. The van der Waals surface area contributed by atoms with Crippen molar-refractivity contribution in [1.29, 1.82) is 0 Å². The summed E-state index contributed by atoms with van der Waals surface area (Å²) in [4.78, 5) is 29.2. The predicted molar refractivity (Wildman–Crippen MR) is 145 cm³/mol. The van der Waals surface area contributed by atoms with Gasteiger partial charge in [-0.2, -0.15) is 0 Å². The topological polar surface area (TPSA) is 90.1 Å². The highest BCUT2D eigenvalue weighted by molar-refractivity contribution is 7.10. The average molecular weight is 513 g/mol. The molecule has 0 unspecified atom stereocenters. The molecule has 37 heavy (non-hydrogen) atoms. The van der Waals surface area contributed by atoms with Gasteiger partial charge in [-0.3, -0.25) is 14.4 Å². The number of aromatic nitrogens is 1. The second kappa shape index (κ2) is 10.7. The number of aliphatic imine (C=N–C) groups is 1. The number of carbonyl (C=O) groups is 1. The van der Waals surface area contributed by atoms with Gasteiger partial charge in [0.2, 0.25) is 5.88 Å². The zero-order valence-corrected chi connectivity index (χ0v) is 20.9. The summed E-state index contributed by atoms with van der Waals surface area (Å²) >= 11 is 0.962. The maximum Gasteiger partial charge on any atom is 0.338 e. The van der Waals surface area contributed by atoms with E-state index in [1.807, 2.05) is 48.5 Å². The summed E-state index contributed by atoms with van der Waals surface area (Å²) in [6.45, 7) is 2.68. The Hall–Kier alpha value is -4.43. The SMILES string of the molecule is CCOC(=O)c1ccc(Cn2c(O)c(C=C3C=Nc4ccc(OCc5ccccc5)cc43)sc2=O)cc1. The van der Waals surface area contributed by atoms with Crippen LogP contribution < -0.4 is 9.61 Å². The summed E-state index contributed by atoms with van der Waals surface area (Å²) in [5, 5.41) is 10.8. The Kier molecular flexibility index (Phi) is 7.00. The number of benzene rings is 3. The normalized spacial score (nSPS) is 13.1. The van der Waals surface area contributed by atoms with Crippen molar-refractivity contribution in [3.8, 4) is 11.6 Å². The number of nitrogens with zero attached hydrogens (tertiary/aromatic N) is 2. The van der Waals surface area contributed by atoms with E-state index in [1.165, 1.54) is 4.57 Å². The lowest BCUT2D eigenvalue weighted by molar-refractivity contribution is 0.0526. The molecule has 1 aromatic heterocycles. The van der Waals surface area contributed by atoms with E-state index in [1.54, 1.807) is 43.5 Å². The molecule has 0 spiro atoms. The van der Waals surface area contributed by atoms with Crippen LogP contribution in [-0.4, -0.2) is 28.5 Å². The molecule has 186 valence electrons. The van der Waals surface area contributed by atoms with Gasteiger partial charge in [0.1, 0.15) is 12.4 Å². The number of rotatable bonds is 8. The molecule has 0 bridgehead atoms. The number of esters is 1. The van der Waals surface area contributed by atoms with Gasteiger partial charge in [-0.05, 0) is 54.5 Å². The summed E-state index contributed by atoms with van der Waals surface area (Å²) in [7, 11) is 0. The molecule has 4 aromatic rings. The number of fused-ring (bicyclic) bond motifs is 1. The molecule has 1 aliphatic heterocycles. The Balaban J connectivity index is 1.34. The van der Waals surface area contributed by atoms with E-state index in [2.05, 4.69) is 4.99 Å². The number of thiazole rings is 1. The van der Waals surface area contributed by atoms with Crippen molar-refractivity contribution in [3.63, 3.8) is 0 Å². The first-order valence-electron chi connectivity index (χ1n) is 11.8. The molecule has 0 amide bonds. The van der Waals surface area contributed by atoms with Crippen LogP contribution in [0.2, 0.25) is 0 Å². The van der Waals surface area contributed by atoms with Crippen molar-refractivity contribution >= 4 is 40.9 Å². The molecule has 1 aliphatic rings. The minimum absolute atomic E-state index is 0.115. The Morgan fingerprint density at radius 3 is 2.59 bits per heavy atom. The van der Waals surface area contributed by atoms with Crippen LogP contribution in [-0.2, 0) is 17.9 Å². The molecule has 3 aromatic carbocycles. The summed E-state index contributed by atoms with van der Waals surface area (Å²) in [6, 6.07) is 22.4. The summed E-state index contributed by atoms with van der Waals surface area (Å²) in [5.41, 5.74) is 4.72. The van der Waals surface area contributed by atoms with Gasteiger partial charge in [-0.15, -0.1) is 0 Å². The Morgan fingerprint density at radius 2 is 1.84 bits per heavy atom. The zero-order chi connectivity index (χ0) is 25.8. The van der Waals surface area contributed by atoms with Gasteiger partial charge in [0, 0.05) is 17.4 Å². The van der Waals surface area contributed by atoms with Gasteiger partial charge in [0.05, 0.1) is 29.3 Å². The average Bonchev–Trinajstić information content (AvgIpc) is 3.44. The van der Waals surface area contributed by atoms with Crippen LogP contribution in [0.25, 0.3) is 11.6 Å². The zero-order valence-electron chi connectivity index (χ0n) is 20.1. The lowest BCUT2D eigenvalue weighted by Crippen LogP contribution is -2.13. The van der Waals surface area contributed by atoms with Crippen molar-refractivity contribution in [2.75, 3.05) is 6.61 Å². The van der Waals surface area contributed by atoms with Crippen molar-refractivity contribution in [3.05, 3.63) is 110 Å². The van der Waals surface area contributed by atoms with E-state index < -0.39 is 5.97 Å². The first kappa shape index (κ1) is 24.3. The minimum Gasteiger partial charge on any atom is -0.493 e. The van der Waals surface area contributed by atoms with Crippen molar-refractivity contribution in [1.82, 2.24) is 4.57 Å². The molecule has 1 N–H and O–H groups in total. The van der Waals surface area contributed by atoms with Crippen molar-refractivity contribution < 1.29 is 19.4 Å². The van der Waals surface area contributed by atoms with Gasteiger partial charge in [-0.1, -0.05) is 53.8 Å². The molecule has 8 heteroatoms. The molecule has 0 fully saturated rings. The number of aromatic hydroxyl groups is 1. The van der Waals surface area contributed by atoms with Crippen molar-refractivity contribution in [2.45, 2.75) is 20.1 Å². The lowest BCUT2D eigenvalue weighted by Gasteiger charge is -2.08. The number of carbonyl (C=O) groups excluding carboxylic acids is 1. The molecule has 0 aliphatic carbocycles. The highest BCUT2D eigenvalue weighted by Gasteiger charge is 2.18. The van der Waals surface area contributed by atoms with Crippen LogP contribution in [0.1, 0.15) is 38.8 Å². The number of ether oxygens (including phenoxy) is 2. The van der Waals surface area contributed by atoms with E-state index in [4.69, 9.17) is 9.47 Å². The predicted octanol–water partition coefficient (Wildman–Crippen LogP) is 5.68. The van der Waals surface area contributed by atoms with Gasteiger partial charge >= 0.3 is 10.8 Å². The van der Waals surface area contributed by atoms with Crippen LogP contribution in [0.4, 0.5) is 5.69 Å². The third-order valence-corrected chi connectivity index (χ3v) is 6.77. The van der Waals surface area contributed by atoms with E-state index in [0.29, 0.717) is 29.4 Å². The van der Waals surface area contributed by atoms with Gasteiger partial charge in [0.15, 0.2) is 0 Å². The maximum atomic E-state index is 12.7. The molecule has 7 nitrogen and oxygen atoms in total. The first-order chi connectivity index (χ1) is 18.0. The second-order valence-electron chi connectivity index (χ2n) is 8.37. The Bertz CT molecular complexity index is 1550. The third-order valence-electron chi connectivity index (χ3n) is 5.86. The molecule has 0 atom stereocenters.